The van der Waals surface area contributed by atoms with Gasteiger partial charge < -0.3 is 4.74 Å². The number of hydrogen-bond acceptors (Lipinski definition) is 2. The van der Waals surface area contributed by atoms with Gasteiger partial charge in [-0.3, -0.25) is 4.79 Å². The number of Topliss-reactive ketones (excluding diaryl/α,β-unsaturated/α-hetero) is 1. The largest absolute Gasteiger partial charge is 0.486 e. The first-order chi connectivity index (χ1) is 8.11. The second-order valence-electron chi connectivity index (χ2n) is 5.20. The molecular weight excluding hydrogens is 219 g/mol. The Balaban J connectivity index is 2.05. The topological polar surface area (TPSA) is 26.3 Å². The molecule has 3 rings (SSSR count). The first kappa shape index (κ1) is 10.8. The van der Waals surface area contributed by atoms with E-state index < -0.39 is 0 Å². The number of halogens is 1. The lowest BCUT2D eigenvalue weighted by molar-refractivity contribution is 0.0176. The van der Waals surface area contributed by atoms with E-state index >= 15 is 0 Å². The maximum Gasteiger partial charge on any atom is 0.170 e. The van der Waals surface area contributed by atoms with Gasteiger partial charge in [-0.2, -0.15) is 0 Å². The Kier molecular flexibility index (Phi) is 2.25. The molecule has 2 aliphatic rings. The monoisotopic (exact) mass is 234 g/mol. The van der Waals surface area contributed by atoms with Crippen LogP contribution in [0.5, 0.6) is 5.75 Å². The van der Waals surface area contributed by atoms with Gasteiger partial charge in [-0.25, -0.2) is 4.39 Å². The molecule has 2 atom stereocenters. The van der Waals surface area contributed by atoms with Crippen LogP contribution in [0.1, 0.15) is 43.0 Å². The van der Waals surface area contributed by atoms with Crippen molar-refractivity contribution in [3.8, 4) is 5.75 Å². The van der Waals surface area contributed by atoms with Crippen molar-refractivity contribution >= 4 is 5.78 Å². The fourth-order valence-electron chi connectivity index (χ4n) is 3.06. The van der Waals surface area contributed by atoms with E-state index in [1.807, 2.05) is 0 Å². The molecule has 0 N–H and O–H groups in total. The molecule has 1 fully saturated rings. The third-order valence-corrected chi connectivity index (χ3v) is 4.15. The Morgan fingerprint density at radius 2 is 2.29 bits per heavy atom. The predicted molar refractivity (Wildman–Crippen MR) is 61.7 cm³/mol. The molecule has 1 aliphatic heterocycles. The number of carbonyl (C=O) groups is 1. The highest BCUT2D eigenvalue weighted by molar-refractivity contribution is 6.00. The van der Waals surface area contributed by atoms with Gasteiger partial charge in [0, 0.05) is 6.07 Å². The van der Waals surface area contributed by atoms with Gasteiger partial charge >= 0.3 is 0 Å². The summed E-state index contributed by atoms with van der Waals surface area (Å²) in [7, 11) is 0. The number of rotatable bonds is 0. The Morgan fingerprint density at radius 1 is 1.47 bits per heavy atom. The third-order valence-electron chi connectivity index (χ3n) is 4.15. The number of hydrogen-bond donors (Lipinski definition) is 0. The van der Waals surface area contributed by atoms with Gasteiger partial charge in [0.1, 0.15) is 17.2 Å². The summed E-state index contributed by atoms with van der Waals surface area (Å²) >= 11 is 0. The van der Waals surface area contributed by atoms with Crippen molar-refractivity contribution in [2.24, 2.45) is 5.92 Å². The SMILES string of the molecule is CC1CCCC12CC(=O)c1ccc(F)cc1O2. The van der Waals surface area contributed by atoms with Crippen molar-refractivity contribution in [2.45, 2.75) is 38.2 Å². The van der Waals surface area contributed by atoms with Crippen LogP contribution in [0.25, 0.3) is 0 Å². The Hall–Kier alpha value is -1.38. The summed E-state index contributed by atoms with van der Waals surface area (Å²) in [6, 6.07) is 4.18. The smallest absolute Gasteiger partial charge is 0.170 e. The van der Waals surface area contributed by atoms with E-state index in [1.165, 1.54) is 18.2 Å². The zero-order valence-electron chi connectivity index (χ0n) is 9.83. The highest BCUT2D eigenvalue weighted by Crippen LogP contribution is 2.46. The highest BCUT2D eigenvalue weighted by Gasteiger charge is 2.47. The van der Waals surface area contributed by atoms with Gasteiger partial charge in [0.25, 0.3) is 0 Å². The number of benzene rings is 1. The quantitative estimate of drug-likeness (QED) is 0.688. The minimum Gasteiger partial charge on any atom is -0.486 e. The number of fused-ring (bicyclic) bond motifs is 1. The van der Waals surface area contributed by atoms with Crippen molar-refractivity contribution in [3.05, 3.63) is 29.6 Å². The van der Waals surface area contributed by atoms with Gasteiger partial charge in [0.05, 0.1) is 12.0 Å². The van der Waals surface area contributed by atoms with E-state index in [2.05, 4.69) is 6.92 Å². The van der Waals surface area contributed by atoms with Crippen molar-refractivity contribution in [1.29, 1.82) is 0 Å². The Bertz CT molecular complexity index is 483. The lowest BCUT2D eigenvalue weighted by atomic mass is 9.83. The Labute approximate surface area is 99.8 Å². The molecule has 0 bridgehead atoms. The second kappa shape index (κ2) is 3.56. The molecule has 3 heteroatoms. The molecule has 1 heterocycles. The Morgan fingerprint density at radius 3 is 3.00 bits per heavy atom. The molecule has 1 spiro atoms. The van der Waals surface area contributed by atoms with Crippen LogP contribution in [0.3, 0.4) is 0 Å². The lowest BCUT2D eigenvalue weighted by Crippen LogP contribution is -2.44. The summed E-state index contributed by atoms with van der Waals surface area (Å²) in [5.74, 6) is 0.525. The zero-order chi connectivity index (χ0) is 12.0. The first-order valence-corrected chi connectivity index (χ1v) is 6.12. The molecular formula is C14H15FO2. The molecule has 1 aliphatic carbocycles. The predicted octanol–water partition coefficient (Wildman–Crippen LogP) is 3.35. The summed E-state index contributed by atoms with van der Waals surface area (Å²) in [6.45, 7) is 2.12. The second-order valence-corrected chi connectivity index (χ2v) is 5.20. The molecule has 0 aromatic heterocycles. The van der Waals surface area contributed by atoms with Crippen LogP contribution in [0, 0.1) is 11.7 Å². The van der Waals surface area contributed by atoms with Crippen molar-refractivity contribution in [2.75, 3.05) is 0 Å². The van der Waals surface area contributed by atoms with Gasteiger partial charge in [-0.15, -0.1) is 0 Å². The molecule has 1 aromatic carbocycles. The van der Waals surface area contributed by atoms with Crippen molar-refractivity contribution in [1.82, 2.24) is 0 Å². The average molecular weight is 234 g/mol. The van der Waals surface area contributed by atoms with Crippen LogP contribution in [0.4, 0.5) is 4.39 Å². The molecule has 0 saturated heterocycles. The fourth-order valence-corrected chi connectivity index (χ4v) is 3.06. The lowest BCUT2D eigenvalue weighted by Gasteiger charge is -2.38. The van der Waals surface area contributed by atoms with Crippen molar-refractivity contribution in [3.63, 3.8) is 0 Å². The van der Waals surface area contributed by atoms with E-state index in [1.54, 1.807) is 0 Å². The van der Waals surface area contributed by atoms with E-state index in [4.69, 9.17) is 4.74 Å². The van der Waals surface area contributed by atoms with E-state index in [0.29, 0.717) is 23.7 Å². The van der Waals surface area contributed by atoms with E-state index in [-0.39, 0.29) is 17.2 Å². The minimum absolute atomic E-state index is 0.0833. The van der Waals surface area contributed by atoms with Gasteiger partial charge in [-0.1, -0.05) is 6.92 Å². The number of ketones is 1. The number of ether oxygens (including phenoxy) is 1. The third kappa shape index (κ3) is 1.56. The maximum absolute atomic E-state index is 13.2. The molecule has 1 aromatic rings. The molecule has 17 heavy (non-hydrogen) atoms. The molecule has 2 unspecified atom stereocenters. The van der Waals surface area contributed by atoms with Crippen LogP contribution >= 0.6 is 0 Å². The minimum atomic E-state index is -0.377. The number of carbonyl (C=O) groups excluding carboxylic acids is 1. The molecule has 90 valence electrons. The summed E-state index contributed by atoms with van der Waals surface area (Å²) in [5.41, 5.74) is 0.147. The first-order valence-electron chi connectivity index (χ1n) is 6.12. The summed E-state index contributed by atoms with van der Waals surface area (Å²) in [4.78, 5) is 12.1. The molecule has 2 nitrogen and oxygen atoms in total. The highest BCUT2D eigenvalue weighted by atomic mass is 19.1. The van der Waals surface area contributed by atoms with Gasteiger partial charge in [0.15, 0.2) is 5.78 Å². The molecule has 0 amide bonds. The van der Waals surface area contributed by atoms with Crippen LogP contribution < -0.4 is 4.74 Å². The fraction of sp³-hybridized carbons (Fsp3) is 0.500. The van der Waals surface area contributed by atoms with E-state index in [0.717, 1.165) is 19.3 Å². The van der Waals surface area contributed by atoms with Gasteiger partial charge in [-0.05, 0) is 37.3 Å². The van der Waals surface area contributed by atoms with Crippen molar-refractivity contribution < 1.29 is 13.9 Å². The standard InChI is InChI=1S/C14H15FO2/c1-9-3-2-6-14(9)8-12(16)11-5-4-10(15)7-13(11)17-14/h4-5,7,9H,2-3,6,8H2,1H3. The molecule has 1 saturated carbocycles. The molecule has 0 radical (unpaired) electrons. The zero-order valence-corrected chi connectivity index (χ0v) is 9.83. The van der Waals surface area contributed by atoms with Crippen LogP contribution in [-0.4, -0.2) is 11.4 Å². The maximum atomic E-state index is 13.2. The van der Waals surface area contributed by atoms with Crippen LogP contribution in [0.2, 0.25) is 0 Å². The van der Waals surface area contributed by atoms with E-state index in [9.17, 15) is 9.18 Å². The summed E-state index contributed by atoms with van der Waals surface area (Å²) in [5, 5.41) is 0. The average Bonchev–Trinajstić information content (AvgIpc) is 2.59. The van der Waals surface area contributed by atoms with Crippen LogP contribution in [0.15, 0.2) is 18.2 Å². The van der Waals surface area contributed by atoms with Crippen LogP contribution in [-0.2, 0) is 0 Å². The van der Waals surface area contributed by atoms with Gasteiger partial charge in [0.2, 0.25) is 0 Å². The summed E-state index contributed by atoms with van der Waals surface area (Å²) in [6.07, 6.45) is 3.50. The summed E-state index contributed by atoms with van der Waals surface area (Å²) < 4.78 is 19.2. The normalized spacial score (nSPS) is 31.4.